The molecule has 0 spiro atoms. The van der Waals surface area contributed by atoms with E-state index in [-0.39, 0.29) is 10.9 Å². The highest BCUT2D eigenvalue weighted by atomic mass is 35.5. The second-order valence-corrected chi connectivity index (χ2v) is 8.91. The number of aromatic nitrogens is 2. The maximum Gasteiger partial charge on any atom is 0.332 e. The molecule has 1 aliphatic heterocycles. The van der Waals surface area contributed by atoms with Gasteiger partial charge in [-0.25, -0.2) is 4.79 Å². The molecule has 11 nitrogen and oxygen atoms in total. The predicted octanol–water partition coefficient (Wildman–Crippen LogP) is 0.912. The van der Waals surface area contributed by atoms with Crippen molar-refractivity contribution < 1.29 is 19.1 Å². The minimum atomic E-state index is -0.764. The van der Waals surface area contributed by atoms with Crippen molar-refractivity contribution in [1.29, 1.82) is 0 Å². The number of halogens is 1. The van der Waals surface area contributed by atoms with Crippen LogP contribution >= 0.6 is 11.6 Å². The number of hydrogen-bond acceptors (Lipinski definition) is 7. The Bertz CT molecular complexity index is 1410. The van der Waals surface area contributed by atoms with Gasteiger partial charge in [0.25, 0.3) is 5.56 Å². The fourth-order valence-corrected chi connectivity index (χ4v) is 4.32. The predicted molar refractivity (Wildman–Crippen MR) is 139 cm³/mol. The van der Waals surface area contributed by atoms with Crippen LogP contribution in [0.15, 0.2) is 52.1 Å². The maximum absolute atomic E-state index is 13.3. The molecule has 1 aromatic heterocycles. The van der Waals surface area contributed by atoms with E-state index in [1.165, 1.54) is 17.7 Å². The molecule has 4 rings (SSSR count). The molecule has 196 valence electrons. The number of carbonyl (C=O) groups is 2. The molecule has 1 saturated heterocycles. The lowest BCUT2D eigenvalue weighted by Crippen LogP contribution is -2.46. The average molecular weight is 530 g/mol. The molecule has 0 unspecified atom stereocenters. The minimum Gasteiger partial charge on any atom is -0.495 e. The SMILES string of the molecule is COc1ccc(Cl)cc1NC(=O)Cn1c(=O)n(CC(=O)NCCN2CCOCC2)c(=O)c2ccccc21. The number of benzene rings is 2. The molecule has 2 N–H and O–H groups in total. The number of hydrogen-bond donors (Lipinski definition) is 2. The number of nitrogens with zero attached hydrogens (tertiary/aromatic N) is 3. The molecule has 37 heavy (non-hydrogen) atoms. The minimum absolute atomic E-state index is 0.219. The van der Waals surface area contributed by atoms with E-state index >= 15 is 0 Å². The largest absolute Gasteiger partial charge is 0.495 e. The summed E-state index contributed by atoms with van der Waals surface area (Å²) in [7, 11) is 1.46. The van der Waals surface area contributed by atoms with Gasteiger partial charge in [0.05, 0.1) is 36.9 Å². The van der Waals surface area contributed by atoms with Crippen LogP contribution in [0.25, 0.3) is 10.9 Å². The Morgan fingerprint density at radius 1 is 1.03 bits per heavy atom. The summed E-state index contributed by atoms with van der Waals surface area (Å²) in [5.41, 5.74) is -0.739. The summed E-state index contributed by atoms with van der Waals surface area (Å²) in [5.74, 6) is -0.607. The van der Waals surface area contributed by atoms with Gasteiger partial charge in [0.1, 0.15) is 18.8 Å². The fourth-order valence-electron chi connectivity index (χ4n) is 4.15. The van der Waals surface area contributed by atoms with Gasteiger partial charge >= 0.3 is 5.69 Å². The van der Waals surface area contributed by atoms with Crippen molar-refractivity contribution in [1.82, 2.24) is 19.4 Å². The van der Waals surface area contributed by atoms with Crippen LogP contribution in [-0.2, 0) is 27.4 Å². The van der Waals surface area contributed by atoms with Crippen molar-refractivity contribution in [2.45, 2.75) is 13.1 Å². The zero-order chi connectivity index (χ0) is 26.4. The normalized spacial score (nSPS) is 13.9. The van der Waals surface area contributed by atoms with Crippen molar-refractivity contribution in [3.63, 3.8) is 0 Å². The number of amides is 2. The van der Waals surface area contributed by atoms with Gasteiger partial charge in [-0.15, -0.1) is 0 Å². The van der Waals surface area contributed by atoms with Gasteiger partial charge in [0.15, 0.2) is 0 Å². The third kappa shape index (κ3) is 6.37. The van der Waals surface area contributed by atoms with Crippen LogP contribution in [0, 0.1) is 0 Å². The molecule has 12 heteroatoms. The monoisotopic (exact) mass is 529 g/mol. The van der Waals surface area contributed by atoms with Gasteiger partial charge in [0, 0.05) is 31.2 Å². The van der Waals surface area contributed by atoms with E-state index in [2.05, 4.69) is 15.5 Å². The first kappa shape index (κ1) is 26.4. The number of fused-ring (bicyclic) bond motifs is 1. The van der Waals surface area contributed by atoms with E-state index < -0.39 is 36.2 Å². The lowest BCUT2D eigenvalue weighted by Gasteiger charge is -2.26. The van der Waals surface area contributed by atoms with E-state index in [4.69, 9.17) is 21.1 Å². The van der Waals surface area contributed by atoms with E-state index in [1.807, 2.05) is 0 Å². The van der Waals surface area contributed by atoms with Gasteiger partial charge in [-0.05, 0) is 30.3 Å². The standard InChI is InChI=1S/C25H28ClN5O6/c1-36-21-7-6-17(26)14-19(21)28-23(33)16-30-20-5-3-2-4-18(20)24(34)31(25(30)35)15-22(32)27-8-9-29-10-12-37-13-11-29/h2-7,14H,8-13,15-16H2,1H3,(H,27,32)(H,28,33). The Morgan fingerprint density at radius 2 is 1.76 bits per heavy atom. The molecular weight excluding hydrogens is 502 g/mol. The second kappa shape index (κ2) is 12.0. The number of rotatable bonds is 9. The van der Waals surface area contributed by atoms with Crippen molar-refractivity contribution in [3.8, 4) is 5.75 Å². The Morgan fingerprint density at radius 3 is 2.51 bits per heavy atom. The Hall–Kier alpha value is -3.67. The fraction of sp³-hybridized carbons (Fsp3) is 0.360. The molecule has 2 aromatic carbocycles. The van der Waals surface area contributed by atoms with Crippen molar-refractivity contribution in [3.05, 3.63) is 68.3 Å². The lowest BCUT2D eigenvalue weighted by molar-refractivity contribution is -0.121. The Balaban J connectivity index is 1.54. The summed E-state index contributed by atoms with van der Waals surface area (Å²) < 4.78 is 12.6. The lowest BCUT2D eigenvalue weighted by atomic mass is 10.2. The molecule has 0 bridgehead atoms. The summed E-state index contributed by atoms with van der Waals surface area (Å²) in [6.07, 6.45) is 0. The first-order valence-corrected chi connectivity index (χ1v) is 12.2. The number of nitrogens with one attached hydrogen (secondary N) is 2. The van der Waals surface area contributed by atoms with Crippen LogP contribution in [0.2, 0.25) is 5.02 Å². The highest BCUT2D eigenvalue weighted by Crippen LogP contribution is 2.27. The molecule has 0 atom stereocenters. The molecule has 2 heterocycles. The third-order valence-corrected chi connectivity index (χ3v) is 6.26. The highest BCUT2D eigenvalue weighted by Gasteiger charge is 2.18. The van der Waals surface area contributed by atoms with Crippen LogP contribution in [0.4, 0.5) is 5.69 Å². The third-order valence-electron chi connectivity index (χ3n) is 6.03. The summed E-state index contributed by atoms with van der Waals surface area (Å²) in [6.45, 7) is 3.03. The smallest absolute Gasteiger partial charge is 0.332 e. The van der Waals surface area contributed by atoms with E-state index in [1.54, 1.807) is 36.4 Å². The van der Waals surface area contributed by atoms with Gasteiger partial charge in [-0.1, -0.05) is 23.7 Å². The summed E-state index contributed by atoms with van der Waals surface area (Å²) in [4.78, 5) is 54.1. The first-order chi connectivity index (χ1) is 17.9. The zero-order valence-corrected chi connectivity index (χ0v) is 21.1. The van der Waals surface area contributed by atoms with Gasteiger partial charge < -0.3 is 20.1 Å². The van der Waals surface area contributed by atoms with Gasteiger partial charge in [-0.3, -0.25) is 28.4 Å². The number of carbonyl (C=O) groups excluding carboxylic acids is 2. The number of anilines is 1. The van der Waals surface area contributed by atoms with E-state index in [0.29, 0.717) is 42.8 Å². The molecule has 0 radical (unpaired) electrons. The zero-order valence-electron chi connectivity index (χ0n) is 20.4. The van der Waals surface area contributed by atoms with Crippen LogP contribution in [-0.4, -0.2) is 72.4 Å². The molecule has 1 aliphatic rings. The Kier molecular flexibility index (Phi) is 8.59. The van der Waals surface area contributed by atoms with Crippen LogP contribution in [0.1, 0.15) is 0 Å². The average Bonchev–Trinajstić information content (AvgIpc) is 2.90. The van der Waals surface area contributed by atoms with Crippen LogP contribution < -0.4 is 26.6 Å². The summed E-state index contributed by atoms with van der Waals surface area (Å²) >= 11 is 6.04. The number of ether oxygens (including phenoxy) is 2. The van der Waals surface area contributed by atoms with Crippen LogP contribution in [0.3, 0.4) is 0 Å². The maximum atomic E-state index is 13.3. The van der Waals surface area contributed by atoms with Crippen molar-refractivity contribution in [2.24, 2.45) is 0 Å². The van der Waals surface area contributed by atoms with E-state index in [9.17, 15) is 19.2 Å². The van der Waals surface area contributed by atoms with Crippen molar-refractivity contribution >= 4 is 40.0 Å². The molecular formula is C25H28ClN5O6. The van der Waals surface area contributed by atoms with Crippen LogP contribution in [0.5, 0.6) is 5.75 Å². The summed E-state index contributed by atoms with van der Waals surface area (Å²) in [6, 6.07) is 11.2. The molecule has 1 fully saturated rings. The number of morpholine rings is 1. The molecule has 3 aromatic rings. The molecule has 0 saturated carbocycles. The second-order valence-electron chi connectivity index (χ2n) is 8.47. The van der Waals surface area contributed by atoms with E-state index in [0.717, 1.165) is 17.7 Å². The quantitative estimate of drug-likeness (QED) is 0.422. The number of para-hydroxylation sites is 1. The van der Waals surface area contributed by atoms with Crippen molar-refractivity contribution in [2.75, 3.05) is 51.8 Å². The molecule has 0 aliphatic carbocycles. The topological polar surface area (TPSA) is 124 Å². The Labute approximate surface area is 217 Å². The summed E-state index contributed by atoms with van der Waals surface area (Å²) in [5, 5.41) is 6.06. The van der Waals surface area contributed by atoms with Gasteiger partial charge in [0.2, 0.25) is 11.8 Å². The molecule has 2 amide bonds. The first-order valence-electron chi connectivity index (χ1n) is 11.8. The highest BCUT2D eigenvalue weighted by molar-refractivity contribution is 6.31. The van der Waals surface area contributed by atoms with Gasteiger partial charge in [-0.2, -0.15) is 0 Å². The number of methoxy groups -OCH3 is 1.